The molecular weight excluding hydrogens is 713 g/mol. The number of methoxy groups -OCH3 is 4. The van der Waals surface area contributed by atoms with Crippen molar-refractivity contribution in [3.05, 3.63) is 88.7 Å². The zero-order chi connectivity index (χ0) is 40.4. The van der Waals surface area contributed by atoms with Gasteiger partial charge in [-0.05, 0) is 76.4 Å². The van der Waals surface area contributed by atoms with Gasteiger partial charge in [-0.15, -0.1) is 10.2 Å². The molecule has 0 saturated carbocycles. The molecule has 0 unspecified atom stereocenters. The van der Waals surface area contributed by atoms with Gasteiger partial charge in [-0.25, -0.2) is 9.78 Å². The maximum Gasteiger partial charge on any atom is 0.407 e. The molecule has 0 aliphatic heterocycles. The summed E-state index contributed by atoms with van der Waals surface area (Å²) in [6.45, 7) is 13.3. The average molecular weight is 769 g/mol. The Balaban J connectivity index is 1.65. The standard InChI is InChI=1S/C43H56N6O7/c1-11-12-16-37-45-38-39(49(37)25-30-15-13-14-29(21-30)24-44-42(50)56-43(4,5)6)41(55-28(2)3)47-46-40(38)48(26-31-17-19-33(51-7)22-35(31)53-9)27-32-18-20-34(52-8)23-36(32)54-10/h13-15,17-23,28H,11-12,16,24-27H2,1-10H3,(H,44,50). The minimum absolute atomic E-state index is 0.161. The van der Waals surface area contributed by atoms with Gasteiger partial charge in [-0.3, -0.25) is 0 Å². The van der Waals surface area contributed by atoms with Crippen LogP contribution in [0.1, 0.15) is 82.5 Å². The van der Waals surface area contributed by atoms with Crippen molar-refractivity contribution in [3.8, 4) is 28.9 Å². The molecule has 13 heteroatoms. The van der Waals surface area contributed by atoms with Crippen molar-refractivity contribution < 1.29 is 33.2 Å². The lowest BCUT2D eigenvalue weighted by Crippen LogP contribution is -2.32. The number of nitrogens with one attached hydrogen (secondary N) is 1. The van der Waals surface area contributed by atoms with Crippen molar-refractivity contribution in [3.63, 3.8) is 0 Å². The van der Waals surface area contributed by atoms with Crippen molar-refractivity contribution in [2.45, 2.75) is 98.7 Å². The molecule has 2 heterocycles. The number of nitrogens with zero attached hydrogens (tertiary/aromatic N) is 5. The van der Waals surface area contributed by atoms with Crippen LogP contribution in [0.5, 0.6) is 28.9 Å². The minimum Gasteiger partial charge on any atom is -0.497 e. The molecule has 300 valence electrons. The van der Waals surface area contributed by atoms with Gasteiger partial charge in [0, 0.05) is 55.9 Å². The third-order valence-corrected chi connectivity index (χ3v) is 8.98. The van der Waals surface area contributed by atoms with E-state index in [1.165, 1.54) is 0 Å². The van der Waals surface area contributed by atoms with Crippen molar-refractivity contribution >= 4 is 22.9 Å². The lowest BCUT2D eigenvalue weighted by Gasteiger charge is -2.26. The predicted octanol–water partition coefficient (Wildman–Crippen LogP) is 8.27. The zero-order valence-electron chi connectivity index (χ0n) is 34.4. The molecule has 0 atom stereocenters. The summed E-state index contributed by atoms with van der Waals surface area (Å²) in [6, 6.07) is 19.7. The fraction of sp³-hybridized carbons (Fsp3) is 0.442. The van der Waals surface area contributed by atoms with E-state index >= 15 is 0 Å². The molecule has 3 aromatic carbocycles. The number of hydrogen-bond donors (Lipinski definition) is 1. The monoisotopic (exact) mass is 768 g/mol. The molecule has 0 aliphatic rings. The van der Waals surface area contributed by atoms with Gasteiger partial charge in [0.1, 0.15) is 45.5 Å². The number of carbonyl (C=O) groups excluding carboxylic acids is 1. The number of imidazole rings is 1. The van der Waals surface area contributed by atoms with Gasteiger partial charge in [0.2, 0.25) is 0 Å². The first-order chi connectivity index (χ1) is 26.9. The number of rotatable bonds is 18. The van der Waals surface area contributed by atoms with Gasteiger partial charge in [-0.1, -0.05) is 37.6 Å². The number of alkyl carbamates (subject to hydrolysis) is 1. The van der Waals surface area contributed by atoms with Gasteiger partial charge in [0.15, 0.2) is 5.82 Å². The SMILES string of the molecule is CCCCc1nc2c(N(Cc3ccc(OC)cc3OC)Cc3ccc(OC)cc3OC)nnc(OC(C)C)c2n1Cc1cccc(CNC(=O)OC(C)(C)C)c1. The summed E-state index contributed by atoms with van der Waals surface area (Å²) in [4.78, 5) is 19.9. The Hall–Kier alpha value is -5.72. The van der Waals surface area contributed by atoms with Crippen LogP contribution in [0, 0.1) is 0 Å². The van der Waals surface area contributed by atoms with E-state index in [1.54, 1.807) is 28.4 Å². The van der Waals surface area contributed by atoms with Crippen molar-refractivity contribution in [2.24, 2.45) is 0 Å². The second-order valence-electron chi connectivity index (χ2n) is 14.8. The largest absolute Gasteiger partial charge is 0.497 e. The summed E-state index contributed by atoms with van der Waals surface area (Å²) < 4.78 is 36.7. The fourth-order valence-corrected chi connectivity index (χ4v) is 6.36. The van der Waals surface area contributed by atoms with Crippen LogP contribution in [-0.4, -0.2) is 66.0 Å². The highest BCUT2D eigenvalue weighted by atomic mass is 16.6. The van der Waals surface area contributed by atoms with Crippen LogP contribution in [-0.2, 0) is 37.3 Å². The number of unbranched alkanes of at least 4 members (excludes halogenated alkanes) is 1. The summed E-state index contributed by atoms with van der Waals surface area (Å²) in [5, 5.41) is 12.5. The molecule has 13 nitrogen and oxygen atoms in total. The molecule has 56 heavy (non-hydrogen) atoms. The van der Waals surface area contributed by atoms with Gasteiger partial charge in [0.05, 0.1) is 34.5 Å². The molecule has 0 spiro atoms. The molecule has 0 radical (unpaired) electrons. The Morgan fingerprint density at radius 1 is 0.839 bits per heavy atom. The average Bonchev–Trinajstić information content (AvgIpc) is 3.53. The van der Waals surface area contributed by atoms with Gasteiger partial charge < -0.3 is 43.2 Å². The van der Waals surface area contributed by atoms with E-state index in [1.807, 2.05) is 83.1 Å². The number of benzene rings is 3. The van der Waals surface area contributed by atoms with Crippen LogP contribution in [0.3, 0.4) is 0 Å². The molecule has 2 aromatic heterocycles. The molecule has 1 amide bonds. The molecule has 0 bridgehead atoms. The van der Waals surface area contributed by atoms with E-state index in [0.717, 1.165) is 52.9 Å². The minimum atomic E-state index is -0.586. The fourth-order valence-electron chi connectivity index (χ4n) is 6.36. The number of carbonyl (C=O) groups is 1. The zero-order valence-corrected chi connectivity index (χ0v) is 34.4. The van der Waals surface area contributed by atoms with E-state index in [-0.39, 0.29) is 6.10 Å². The van der Waals surface area contributed by atoms with Crippen LogP contribution >= 0.6 is 0 Å². The van der Waals surface area contributed by atoms with E-state index in [4.69, 9.17) is 43.6 Å². The van der Waals surface area contributed by atoms with Crippen LogP contribution in [0.4, 0.5) is 10.6 Å². The van der Waals surface area contributed by atoms with Crippen LogP contribution in [0.2, 0.25) is 0 Å². The number of aryl methyl sites for hydroxylation is 1. The molecule has 0 saturated heterocycles. The van der Waals surface area contributed by atoms with Crippen molar-refractivity contribution in [1.82, 2.24) is 25.1 Å². The van der Waals surface area contributed by atoms with E-state index in [2.05, 4.69) is 33.8 Å². The van der Waals surface area contributed by atoms with Crippen molar-refractivity contribution in [2.75, 3.05) is 33.3 Å². The molecule has 1 N–H and O–H groups in total. The number of anilines is 1. The first kappa shape index (κ1) is 41.4. The highest BCUT2D eigenvalue weighted by molar-refractivity contribution is 5.90. The number of ether oxygens (including phenoxy) is 6. The second-order valence-corrected chi connectivity index (χ2v) is 14.8. The Labute approximate surface area is 330 Å². The summed E-state index contributed by atoms with van der Waals surface area (Å²) in [6.07, 6.45) is 2.05. The topological polar surface area (TPSA) is 131 Å². The number of aromatic nitrogens is 4. The third-order valence-electron chi connectivity index (χ3n) is 8.98. The maximum atomic E-state index is 12.4. The van der Waals surface area contributed by atoms with Gasteiger partial charge >= 0.3 is 6.09 Å². The first-order valence-electron chi connectivity index (χ1n) is 19.0. The molecule has 0 aliphatic carbocycles. The van der Waals surface area contributed by atoms with Gasteiger partial charge in [-0.2, -0.15) is 0 Å². The first-order valence-corrected chi connectivity index (χ1v) is 19.0. The van der Waals surface area contributed by atoms with E-state index in [9.17, 15) is 4.79 Å². The lowest BCUT2D eigenvalue weighted by molar-refractivity contribution is 0.0523. The Morgan fingerprint density at radius 3 is 2.02 bits per heavy atom. The summed E-state index contributed by atoms with van der Waals surface area (Å²) in [5.74, 6) is 4.61. The van der Waals surface area contributed by atoms with Crippen LogP contribution in [0.25, 0.3) is 11.0 Å². The summed E-state index contributed by atoms with van der Waals surface area (Å²) in [5.41, 5.74) is 4.64. The predicted molar refractivity (Wildman–Crippen MR) is 217 cm³/mol. The lowest BCUT2D eigenvalue weighted by atomic mass is 10.1. The molecule has 5 aromatic rings. The number of amides is 1. The highest BCUT2D eigenvalue weighted by Gasteiger charge is 2.26. The van der Waals surface area contributed by atoms with Crippen LogP contribution in [0.15, 0.2) is 60.7 Å². The Morgan fingerprint density at radius 2 is 1.46 bits per heavy atom. The van der Waals surface area contributed by atoms with Gasteiger partial charge in [0.25, 0.3) is 5.88 Å². The molecular formula is C43H56N6O7. The Bertz CT molecular complexity index is 2030. The summed E-state index contributed by atoms with van der Waals surface area (Å²) >= 11 is 0. The normalized spacial score (nSPS) is 11.4. The second kappa shape index (κ2) is 18.7. The van der Waals surface area contributed by atoms with E-state index in [0.29, 0.717) is 66.4 Å². The number of fused-ring (bicyclic) bond motifs is 1. The molecule has 0 fully saturated rings. The molecule has 5 rings (SSSR count). The smallest absolute Gasteiger partial charge is 0.407 e. The maximum absolute atomic E-state index is 12.4. The van der Waals surface area contributed by atoms with Crippen molar-refractivity contribution in [1.29, 1.82) is 0 Å². The van der Waals surface area contributed by atoms with E-state index < -0.39 is 11.7 Å². The highest BCUT2D eigenvalue weighted by Crippen LogP contribution is 2.36. The number of hydrogen-bond acceptors (Lipinski definition) is 11. The van der Waals surface area contributed by atoms with Crippen LogP contribution < -0.4 is 33.9 Å². The third kappa shape index (κ3) is 10.5. The quantitative estimate of drug-likeness (QED) is 0.0924. The Kier molecular flexibility index (Phi) is 13.9. The summed E-state index contributed by atoms with van der Waals surface area (Å²) in [7, 11) is 6.56.